The van der Waals surface area contributed by atoms with E-state index in [0.29, 0.717) is 19.1 Å². The van der Waals surface area contributed by atoms with Crippen LogP contribution in [0.15, 0.2) is 0 Å². The number of esters is 1. The van der Waals surface area contributed by atoms with Crippen molar-refractivity contribution in [3.05, 3.63) is 0 Å². The Kier molecular flexibility index (Phi) is 6.95. The summed E-state index contributed by atoms with van der Waals surface area (Å²) < 4.78 is 38.6. The summed E-state index contributed by atoms with van der Waals surface area (Å²) in [5.74, 6) is -2.15. The van der Waals surface area contributed by atoms with Crippen molar-refractivity contribution in [1.82, 2.24) is 10.2 Å². The largest absolute Gasteiger partial charge is 0.490 e. The average molecular weight is 314 g/mol. The Morgan fingerprint density at radius 3 is 2.05 bits per heavy atom. The van der Waals surface area contributed by atoms with Crippen molar-refractivity contribution in [2.45, 2.75) is 45.5 Å². The van der Waals surface area contributed by atoms with E-state index in [1.807, 2.05) is 6.92 Å². The third kappa shape index (κ3) is 9.11. The molecular weight excluding hydrogens is 293 g/mol. The quantitative estimate of drug-likeness (QED) is 0.667. The summed E-state index contributed by atoms with van der Waals surface area (Å²) >= 11 is 0. The second-order valence-electron chi connectivity index (χ2n) is 5.58. The smallest absolute Gasteiger partial charge is 0.465 e. The molecule has 1 atom stereocenters. The fraction of sp³-hybridized carbons (Fsp3) is 0.833. The van der Waals surface area contributed by atoms with Crippen LogP contribution in [-0.4, -0.2) is 59.5 Å². The van der Waals surface area contributed by atoms with Gasteiger partial charge in [-0.1, -0.05) is 0 Å². The van der Waals surface area contributed by atoms with Gasteiger partial charge >= 0.3 is 18.2 Å². The van der Waals surface area contributed by atoms with Gasteiger partial charge in [0.25, 0.3) is 0 Å². The van der Waals surface area contributed by atoms with Gasteiger partial charge in [-0.15, -0.1) is 0 Å². The maximum atomic E-state index is 11.5. The van der Waals surface area contributed by atoms with E-state index in [1.54, 1.807) is 0 Å². The van der Waals surface area contributed by atoms with Gasteiger partial charge in [-0.05, 0) is 27.7 Å². The number of piperazine rings is 1. The van der Waals surface area contributed by atoms with Crippen molar-refractivity contribution in [3.63, 3.8) is 0 Å². The van der Waals surface area contributed by atoms with E-state index < -0.39 is 23.8 Å². The highest BCUT2D eigenvalue weighted by Crippen LogP contribution is 2.20. The Morgan fingerprint density at radius 1 is 1.29 bits per heavy atom. The molecule has 1 rings (SSSR count). The number of amides is 1. The topological polar surface area (TPSA) is 78.9 Å². The summed E-state index contributed by atoms with van der Waals surface area (Å²) in [5, 5.41) is 11.7. The number of carbonyl (C=O) groups is 2. The molecule has 0 radical (unpaired) electrons. The fourth-order valence-electron chi connectivity index (χ4n) is 1.44. The molecule has 6 nitrogen and oxygen atoms in total. The molecule has 1 amide bonds. The Hall–Kier alpha value is -1.51. The van der Waals surface area contributed by atoms with Crippen molar-refractivity contribution in [3.8, 4) is 0 Å². The summed E-state index contributed by atoms with van der Waals surface area (Å²) in [6, 6.07) is 0.296. The van der Waals surface area contributed by atoms with Gasteiger partial charge in [0.1, 0.15) is 5.60 Å². The van der Waals surface area contributed by atoms with E-state index in [-0.39, 0.29) is 0 Å². The molecule has 1 unspecified atom stereocenters. The van der Waals surface area contributed by atoms with Gasteiger partial charge in [-0.3, -0.25) is 0 Å². The van der Waals surface area contributed by atoms with E-state index in [4.69, 9.17) is 5.11 Å². The summed E-state index contributed by atoms with van der Waals surface area (Å²) in [5.41, 5.74) is -1.09. The number of carbonyl (C=O) groups excluding carboxylic acids is 1. The zero-order valence-corrected chi connectivity index (χ0v) is 12.5. The molecule has 124 valence electrons. The van der Waals surface area contributed by atoms with E-state index in [2.05, 4.69) is 10.1 Å². The Balaban J connectivity index is 0.000000382. The van der Waals surface area contributed by atoms with Crippen LogP contribution in [0.4, 0.5) is 18.0 Å². The minimum atomic E-state index is -4.90. The molecule has 1 aliphatic heterocycles. The van der Waals surface area contributed by atoms with Gasteiger partial charge < -0.3 is 20.1 Å². The first-order valence-electron chi connectivity index (χ1n) is 6.34. The number of halogens is 3. The second-order valence-corrected chi connectivity index (χ2v) is 5.58. The van der Waals surface area contributed by atoms with Gasteiger partial charge in [0.2, 0.25) is 0 Å². The highest BCUT2D eigenvalue weighted by Gasteiger charge is 2.42. The number of alkyl halides is 3. The van der Waals surface area contributed by atoms with Crippen LogP contribution in [0, 0.1) is 0 Å². The molecule has 0 aliphatic carbocycles. The van der Waals surface area contributed by atoms with Gasteiger partial charge in [0.15, 0.2) is 0 Å². The Labute approximate surface area is 121 Å². The van der Waals surface area contributed by atoms with Gasteiger partial charge in [-0.25, -0.2) is 9.59 Å². The van der Waals surface area contributed by atoms with Crippen LogP contribution in [0.2, 0.25) is 0 Å². The normalized spacial score (nSPS) is 19.4. The third-order valence-corrected chi connectivity index (χ3v) is 2.27. The van der Waals surface area contributed by atoms with Gasteiger partial charge in [0, 0.05) is 25.7 Å². The number of hydrogen-bond donors (Lipinski definition) is 2. The highest BCUT2D eigenvalue weighted by molar-refractivity contribution is 5.75. The van der Waals surface area contributed by atoms with E-state index in [0.717, 1.165) is 6.54 Å². The molecule has 0 bridgehead atoms. The molecular formula is C12H21F3N2O4. The second kappa shape index (κ2) is 7.48. The Bertz CT molecular complexity index is 366. The van der Waals surface area contributed by atoms with Gasteiger partial charge in [-0.2, -0.15) is 13.2 Å². The van der Waals surface area contributed by atoms with Crippen LogP contribution in [0.3, 0.4) is 0 Å². The lowest BCUT2D eigenvalue weighted by Crippen LogP contribution is -2.50. The maximum absolute atomic E-state index is 11.5. The zero-order valence-electron chi connectivity index (χ0n) is 12.5. The fourth-order valence-corrected chi connectivity index (χ4v) is 1.44. The lowest BCUT2D eigenvalue weighted by Gasteiger charge is -2.29. The molecule has 21 heavy (non-hydrogen) atoms. The van der Waals surface area contributed by atoms with Crippen molar-refractivity contribution in [1.29, 1.82) is 0 Å². The van der Waals surface area contributed by atoms with Crippen molar-refractivity contribution >= 4 is 12.1 Å². The number of ether oxygens (including phenoxy) is 1. The van der Waals surface area contributed by atoms with Gasteiger partial charge in [0.05, 0.1) is 0 Å². The van der Waals surface area contributed by atoms with Crippen LogP contribution in [0.25, 0.3) is 0 Å². The van der Waals surface area contributed by atoms with Crippen LogP contribution >= 0.6 is 0 Å². The molecule has 9 heteroatoms. The Morgan fingerprint density at radius 2 is 1.81 bits per heavy atom. The molecule has 0 aromatic heterocycles. The van der Waals surface area contributed by atoms with Crippen LogP contribution in [0.5, 0.6) is 0 Å². The number of nitrogens with one attached hydrogen (secondary N) is 1. The lowest BCUT2D eigenvalue weighted by molar-refractivity contribution is -0.210. The first-order valence-corrected chi connectivity index (χ1v) is 6.34. The van der Waals surface area contributed by atoms with E-state index in [1.165, 1.54) is 25.7 Å². The molecule has 1 aliphatic rings. The lowest BCUT2D eigenvalue weighted by atomic mass is 10.2. The third-order valence-electron chi connectivity index (χ3n) is 2.27. The summed E-state index contributed by atoms with van der Waals surface area (Å²) in [6.07, 6.45) is -5.71. The van der Waals surface area contributed by atoms with Crippen molar-refractivity contribution in [2.75, 3.05) is 19.6 Å². The minimum absolute atomic E-state index is 0.296. The summed E-state index contributed by atoms with van der Waals surface area (Å²) in [4.78, 5) is 22.0. The minimum Gasteiger partial charge on any atom is -0.465 e. The standard InChI is InChI=1S/C6H9F3O2.C6H12N2O2/c1-5(2,3)11-4(10)6(7,8)9;1-5-4-8(6(9)10)3-2-7-5/h1-3H3;5,7H,2-4H2,1H3,(H,9,10). The van der Waals surface area contributed by atoms with Crippen LogP contribution < -0.4 is 5.32 Å². The molecule has 0 aromatic rings. The first-order chi connectivity index (χ1) is 9.33. The number of carboxylic acid groups (broad SMARTS) is 1. The maximum Gasteiger partial charge on any atom is 0.490 e. The number of hydrogen-bond acceptors (Lipinski definition) is 4. The zero-order chi connectivity index (χ0) is 16.8. The van der Waals surface area contributed by atoms with Crippen LogP contribution in [0.1, 0.15) is 27.7 Å². The summed E-state index contributed by atoms with van der Waals surface area (Å²) in [7, 11) is 0. The predicted octanol–water partition coefficient (Wildman–Crippen LogP) is 1.85. The molecule has 0 aromatic carbocycles. The number of nitrogens with zero attached hydrogens (tertiary/aromatic N) is 1. The average Bonchev–Trinajstić information content (AvgIpc) is 2.26. The first kappa shape index (κ1) is 19.5. The van der Waals surface area contributed by atoms with Crippen LogP contribution in [-0.2, 0) is 9.53 Å². The van der Waals surface area contributed by atoms with Crippen molar-refractivity contribution < 1.29 is 32.6 Å². The SMILES string of the molecule is CC(C)(C)OC(=O)C(F)(F)F.CC1CN(C(=O)O)CCN1. The molecule has 1 saturated heterocycles. The molecule has 1 heterocycles. The highest BCUT2D eigenvalue weighted by atomic mass is 19.4. The molecule has 0 spiro atoms. The number of rotatable bonds is 0. The van der Waals surface area contributed by atoms with E-state index in [9.17, 15) is 22.8 Å². The summed E-state index contributed by atoms with van der Waals surface area (Å²) in [6.45, 7) is 8.08. The monoisotopic (exact) mass is 314 g/mol. The molecule has 1 fully saturated rings. The predicted molar refractivity (Wildman–Crippen MR) is 69.0 cm³/mol. The molecule has 2 N–H and O–H groups in total. The van der Waals surface area contributed by atoms with E-state index >= 15 is 0 Å². The molecule has 0 saturated carbocycles. The van der Waals surface area contributed by atoms with Crippen molar-refractivity contribution in [2.24, 2.45) is 0 Å².